The van der Waals surface area contributed by atoms with Gasteiger partial charge in [-0.05, 0) is 18.9 Å². The summed E-state index contributed by atoms with van der Waals surface area (Å²) in [4.78, 5) is 11.3. The minimum atomic E-state index is -0.141. The molecule has 2 unspecified atom stereocenters. The van der Waals surface area contributed by atoms with Crippen molar-refractivity contribution >= 4 is 5.91 Å². The van der Waals surface area contributed by atoms with Gasteiger partial charge in [0, 0.05) is 6.42 Å². The quantitative estimate of drug-likeness (QED) is 0.608. The van der Waals surface area contributed by atoms with Crippen LogP contribution in [0.4, 0.5) is 0 Å². The first kappa shape index (κ1) is 12.0. The molecular weight excluding hydrogens is 164 g/mol. The van der Waals surface area contributed by atoms with Crippen LogP contribution >= 0.6 is 0 Å². The van der Waals surface area contributed by atoms with Crippen molar-refractivity contribution in [2.45, 2.75) is 32.7 Å². The maximum atomic E-state index is 11.3. The fourth-order valence-corrected chi connectivity index (χ4v) is 0.915. The summed E-state index contributed by atoms with van der Waals surface area (Å²) in [6, 6.07) is -0.141. The van der Waals surface area contributed by atoms with E-state index in [2.05, 4.69) is 11.2 Å². The first-order valence-corrected chi connectivity index (χ1v) is 4.59. The molecule has 0 aromatic rings. The number of terminal acetylenes is 1. The van der Waals surface area contributed by atoms with Crippen LogP contribution < -0.4 is 11.1 Å². The summed E-state index contributed by atoms with van der Waals surface area (Å²) in [5.74, 6) is 2.72. The van der Waals surface area contributed by atoms with Crippen LogP contribution in [0.15, 0.2) is 0 Å². The van der Waals surface area contributed by atoms with Gasteiger partial charge in [-0.2, -0.15) is 0 Å². The van der Waals surface area contributed by atoms with Crippen molar-refractivity contribution in [2.24, 2.45) is 11.7 Å². The van der Waals surface area contributed by atoms with Crippen LogP contribution in [0.2, 0.25) is 0 Å². The standard InChI is InChI=1S/C10H18N2O/c1-4-9(5-2)12-10(13)6-8(3)7-11/h1,8-9H,5-7,11H2,2-3H3,(H,12,13). The summed E-state index contributed by atoms with van der Waals surface area (Å²) in [6.45, 7) is 4.41. The number of amides is 1. The molecule has 0 radical (unpaired) electrons. The maximum Gasteiger partial charge on any atom is 0.221 e. The molecule has 0 rings (SSSR count). The van der Waals surface area contributed by atoms with Gasteiger partial charge < -0.3 is 11.1 Å². The van der Waals surface area contributed by atoms with Crippen molar-refractivity contribution in [1.29, 1.82) is 0 Å². The molecule has 0 saturated heterocycles. The zero-order chi connectivity index (χ0) is 10.3. The lowest BCUT2D eigenvalue weighted by Crippen LogP contribution is -2.34. The molecule has 0 spiro atoms. The predicted octanol–water partition coefficient (Wildman–Crippen LogP) is 0.499. The molecule has 0 aliphatic carbocycles. The number of nitrogens with two attached hydrogens (primary N) is 1. The normalized spacial score (nSPS) is 14.3. The number of carbonyl (C=O) groups excluding carboxylic acids is 1. The van der Waals surface area contributed by atoms with Crippen LogP contribution in [0.5, 0.6) is 0 Å². The summed E-state index contributed by atoms with van der Waals surface area (Å²) in [6.07, 6.45) is 6.42. The van der Waals surface area contributed by atoms with Crippen molar-refractivity contribution in [3.05, 3.63) is 0 Å². The fourth-order valence-electron chi connectivity index (χ4n) is 0.915. The largest absolute Gasteiger partial charge is 0.342 e. The van der Waals surface area contributed by atoms with Gasteiger partial charge in [0.1, 0.15) is 0 Å². The molecule has 0 aliphatic heterocycles. The lowest BCUT2D eigenvalue weighted by molar-refractivity contribution is -0.122. The van der Waals surface area contributed by atoms with Crippen molar-refractivity contribution in [3.63, 3.8) is 0 Å². The lowest BCUT2D eigenvalue weighted by atomic mass is 10.1. The van der Waals surface area contributed by atoms with E-state index in [4.69, 9.17) is 12.2 Å². The van der Waals surface area contributed by atoms with Gasteiger partial charge in [-0.1, -0.05) is 19.8 Å². The molecule has 13 heavy (non-hydrogen) atoms. The van der Waals surface area contributed by atoms with E-state index in [0.29, 0.717) is 13.0 Å². The minimum absolute atomic E-state index is 0.0113. The van der Waals surface area contributed by atoms with Gasteiger partial charge in [0.2, 0.25) is 5.91 Å². The molecule has 0 saturated carbocycles. The van der Waals surface area contributed by atoms with Gasteiger partial charge in [-0.25, -0.2) is 0 Å². The molecule has 3 nitrogen and oxygen atoms in total. The number of carbonyl (C=O) groups is 1. The molecule has 0 aliphatic rings. The van der Waals surface area contributed by atoms with Crippen LogP contribution in [-0.4, -0.2) is 18.5 Å². The Labute approximate surface area is 80.1 Å². The van der Waals surface area contributed by atoms with E-state index in [1.165, 1.54) is 0 Å². The lowest BCUT2D eigenvalue weighted by Gasteiger charge is -2.12. The number of rotatable bonds is 5. The first-order chi connectivity index (χ1) is 6.13. The topological polar surface area (TPSA) is 55.1 Å². The zero-order valence-corrected chi connectivity index (χ0v) is 8.34. The third-order valence-corrected chi connectivity index (χ3v) is 1.88. The molecule has 0 heterocycles. The molecule has 74 valence electrons. The van der Waals surface area contributed by atoms with E-state index in [1.54, 1.807) is 0 Å². The molecule has 3 N–H and O–H groups in total. The maximum absolute atomic E-state index is 11.3. The third-order valence-electron chi connectivity index (χ3n) is 1.88. The van der Waals surface area contributed by atoms with E-state index in [0.717, 1.165) is 6.42 Å². The minimum Gasteiger partial charge on any atom is -0.342 e. The van der Waals surface area contributed by atoms with Gasteiger partial charge >= 0.3 is 0 Å². The van der Waals surface area contributed by atoms with E-state index < -0.39 is 0 Å². The van der Waals surface area contributed by atoms with Crippen molar-refractivity contribution in [3.8, 4) is 12.3 Å². The Hall–Kier alpha value is -1.01. The van der Waals surface area contributed by atoms with Gasteiger partial charge in [-0.3, -0.25) is 4.79 Å². The van der Waals surface area contributed by atoms with Crippen LogP contribution in [0.1, 0.15) is 26.7 Å². The van der Waals surface area contributed by atoms with Crippen LogP contribution in [0, 0.1) is 18.3 Å². The van der Waals surface area contributed by atoms with Gasteiger partial charge in [0.15, 0.2) is 0 Å². The zero-order valence-electron chi connectivity index (χ0n) is 8.34. The summed E-state index contributed by atoms with van der Waals surface area (Å²) in [5.41, 5.74) is 5.40. The van der Waals surface area contributed by atoms with Gasteiger partial charge in [0.25, 0.3) is 0 Å². The Kier molecular flexibility index (Phi) is 5.99. The van der Waals surface area contributed by atoms with E-state index >= 15 is 0 Å². The highest BCUT2D eigenvalue weighted by Crippen LogP contribution is 1.99. The molecule has 0 fully saturated rings. The Morgan fingerprint density at radius 1 is 1.69 bits per heavy atom. The molecule has 1 amide bonds. The van der Waals surface area contributed by atoms with Crippen molar-refractivity contribution in [1.82, 2.24) is 5.32 Å². The Balaban J connectivity index is 3.80. The number of hydrogen-bond acceptors (Lipinski definition) is 2. The summed E-state index contributed by atoms with van der Waals surface area (Å²) < 4.78 is 0. The number of nitrogens with one attached hydrogen (secondary N) is 1. The summed E-state index contributed by atoms with van der Waals surface area (Å²) in [7, 11) is 0. The van der Waals surface area contributed by atoms with Crippen molar-refractivity contribution in [2.75, 3.05) is 6.54 Å². The Morgan fingerprint density at radius 2 is 2.31 bits per heavy atom. The highest BCUT2D eigenvalue weighted by Gasteiger charge is 2.10. The second-order valence-electron chi connectivity index (χ2n) is 3.24. The summed E-state index contributed by atoms with van der Waals surface area (Å²) in [5, 5.41) is 2.75. The smallest absolute Gasteiger partial charge is 0.221 e. The molecular formula is C10H18N2O. The fraction of sp³-hybridized carbons (Fsp3) is 0.700. The van der Waals surface area contributed by atoms with Crippen LogP contribution in [-0.2, 0) is 4.79 Å². The molecule has 0 bridgehead atoms. The molecule has 3 heteroatoms. The van der Waals surface area contributed by atoms with E-state index in [9.17, 15) is 4.79 Å². The predicted molar refractivity (Wildman–Crippen MR) is 53.9 cm³/mol. The SMILES string of the molecule is C#CC(CC)NC(=O)CC(C)CN. The molecule has 0 aromatic carbocycles. The van der Waals surface area contributed by atoms with E-state index in [-0.39, 0.29) is 17.9 Å². The van der Waals surface area contributed by atoms with Crippen molar-refractivity contribution < 1.29 is 4.79 Å². The average molecular weight is 182 g/mol. The van der Waals surface area contributed by atoms with Crippen LogP contribution in [0.25, 0.3) is 0 Å². The Morgan fingerprint density at radius 3 is 2.69 bits per heavy atom. The monoisotopic (exact) mass is 182 g/mol. The highest BCUT2D eigenvalue weighted by molar-refractivity contribution is 5.76. The number of hydrogen-bond donors (Lipinski definition) is 2. The second-order valence-corrected chi connectivity index (χ2v) is 3.24. The van der Waals surface area contributed by atoms with E-state index in [1.807, 2.05) is 13.8 Å². The van der Waals surface area contributed by atoms with Gasteiger partial charge in [0.05, 0.1) is 6.04 Å². The second kappa shape index (κ2) is 6.50. The summed E-state index contributed by atoms with van der Waals surface area (Å²) >= 11 is 0. The Bertz CT molecular complexity index is 196. The average Bonchev–Trinajstić information content (AvgIpc) is 2.13. The molecule has 0 aromatic heterocycles. The highest BCUT2D eigenvalue weighted by atomic mass is 16.1. The van der Waals surface area contributed by atoms with Gasteiger partial charge in [-0.15, -0.1) is 6.42 Å². The third kappa shape index (κ3) is 5.26. The molecule has 2 atom stereocenters. The van der Waals surface area contributed by atoms with Crippen LogP contribution in [0.3, 0.4) is 0 Å². The first-order valence-electron chi connectivity index (χ1n) is 4.59.